The van der Waals surface area contributed by atoms with Gasteiger partial charge in [0.2, 0.25) is 5.95 Å². The lowest BCUT2D eigenvalue weighted by atomic mass is 9.94. The molecule has 1 fully saturated rings. The van der Waals surface area contributed by atoms with E-state index in [1.54, 1.807) is 31.0 Å². The number of aryl methyl sites for hydroxylation is 1. The van der Waals surface area contributed by atoms with Gasteiger partial charge >= 0.3 is 0 Å². The van der Waals surface area contributed by atoms with E-state index in [0.29, 0.717) is 11.9 Å². The molecule has 26 heavy (non-hydrogen) atoms. The second kappa shape index (κ2) is 7.38. The molecule has 1 N–H and O–H groups in total. The number of nitrogens with zero attached hydrogens (tertiary/aromatic N) is 7. The normalized spacial score (nSPS) is 17.1. The maximum atomic E-state index is 4.68. The highest BCUT2D eigenvalue weighted by atomic mass is 15.2. The van der Waals surface area contributed by atoms with Crippen LogP contribution in [0, 0.1) is 6.92 Å². The van der Waals surface area contributed by atoms with Crippen LogP contribution in [0.25, 0.3) is 0 Å². The van der Waals surface area contributed by atoms with Gasteiger partial charge in [0.1, 0.15) is 23.8 Å². The predicted octanol–water partition coefficient (Wildman–Crippen LogP) is 2.49. The third-order valence-electron chi connectivity index (χ3n) is 4.39. The summed E-state index contributed by atoms with van der Waals surface area (Å²) in [5, 5.41) is 3.16. The van der Waals surface area contributed by atoms with Gasteiger partial charge in [-0.2, -0.15) is 0 Å². The van der Waals surface area contributed by atoms with E-state index < -0.39 is 0 Å². The van der Waals surface area contributed by atoms with E-state index in [9.17, 15) is 0 Å². The Hall–Kier alpha value is -3.16. The minimum absolute atomic E-state index is 0.331. The van der Waals surface area contributed by atoms with Gasteiger partial charge in [0.05, 0.1) is 5.69 Å². The Morgan fingerprint density at radius 2 is 2.00 bits per heavy atom. The van der Waals surface area contributed by atoms with Crippen LogP contribution in [0.4, 0.5) is 17.6 Å². The first-order chi connectivity index (χ1) is 12.8. The van der Waals surface area contributed by atoms with Gasteiger partial charge in [0, 0.05) is 43.7 Å². The highest BCUT2D eigenvalue weighted by molar-refractivity contribution is 5.48. The second-order valence-corrected chi connectivity index (χ2v) is 6.28. The molecule has 3 aromatic heterocycles. The number of hydrogen-bond acceptors (Lipinski definition) is 8. The van der Waals surface area contributed by atoms with Crippen molar-refractivity contribution in [1.29, 1.82) is 0 Å². The largest absolute Gasteiger partial charge is 0.356 e. The molecule has 0 aromatic carbocycles. The van der Waals surface area contributed by atoms with Crippen molar-refractivity contribution >= 4 is 17.6 Å². The van der Waals surface area contributed by atoms with Gasteiger partial charge in [0.25, 0.3) is 0 Å². The van der Waals surface area contributed by atoms with Crippen LogP contribution in [0.1, 0.15) is 30.3 Å². The molecule has 0 bridgehead atoms. The fourth-order valence-corrected chi connectivity index (χ4v) is 3.24. The summed E-state index contributed by atoms with van der Waals surface area (Å²) in [5.41, 5.74) is 1.04. The van der Waals surface area contributed by atoms with E-state index >= 15 is 0 Å². The number of piperidine rings is 1. The van der Waals surface area contributed by atoms with Crippen molar-refractivity contribution in [3.63, 3.8) is 0 Å². The summed E-state index contributed by atoms with van der Waals surface area (Å²) in [6.45, 7) is 3.79. The van der Waals surface area contributed by atoms with E-state index in [-0.39, 0.29) is 0 Å². The standard InChI is InChI=1S/C18H20N8/c1-13-23-15(10-16(24-13)25-18-20-6-3-7-21-18)14-4-2-9-26(11-14)17-5-8-19-12-22-17/h3,5-8,10,12,14H,2,4,9,11H2,1H3,(H,20,21,23,24,25). The molecule has 0 spiro atoms. The molecule has 0 radical (unpaired) electrons. The SMILES string of the molecule is Cc1nc(Nc2ncccn2)cc(C2CCCN(c3ccncn3)C2)n1. The Morgan fingerprint density at radius 1 is 1.12 bits per heavy atom. The summed E-state index contributed by atoms with van der Waals surface area (Å²) in [5.74, 6) is 3.28. The van der Waals surface area contributed by atoms with Crippen molar-refractivity contribution in [1.82, 2.24) is 29.9 Å². The smallest absolute Gasteiger partial charge is 0.228 e. The zero-order valence-corrected chi connectivity index (χ0v) is 14.6. The summed E-state index contributed by atoms with van der Waals surface area (Å²) >= 11 is 0. The van der Waals surface area contributed by atoms with Gasteiger partial charge in [-0.1, -0.05) is 0 Å². The van der Waals surface area contributed by atoms with Gasteiger partial charge in [-0.25, -0.2) is 29.9 Å². The van der Waals surface area contributed by atoms with Crippen molar-refractivity contribution < 1.29 is 0 Å². The van der Waals surface area contributed by atoms with Crippen molar-refractivity contribution in [2.75, 3.05) is 23.3 Å². The molecule has 1 aliphatic rings. The minimum Gasteiger partial charge on any atom is -0.356 e. The van der Waals surface area contributed by atoms with Gasteiger partial charge < -0.3 is 10.2 Å². The average Bonchev–Trinajstić information content (AvgIpc) is 2.69. The van der Waals surface area contributed by atoms with E-state index in [4.69, 9.17) is 0 Å². The number of nitrogens with one attached hydrogen (secondary N) is 1. The zero-order valence-electron chi connectivity index (χ0n) is 14.6. The van der Waals surface area contributed by atoms with Gasteiger partial charge in [0.15, 0.2) is 0 Å². The van der Waals surface area contributed by atoms with Crippen LogP contribution >= 0.6 is 0 Å². The van der Waals surface area contributed by atoms with Crippen molar-refractivity contribution in [3.8, 4) is 0 Å². The van der Waals surface area contributed by atoms with Crippen molar-refractivity contribution in [3.05, 3.63) is 54.6 Å². The van der Waals surface area contributed by atoms with Crippen LogP contribution < -0.4 is 10.2 Å². The maximum absolute atomic E-state index is 4.68. The third-order valence-corrected chi connectivity index (χ3v) is 4.39. The Kier molecular flexibility index (Phi) is 4.63. The molecular formula is C18H20N8. The number of hydrogen-bond donors (Lipinski definition) is 1. The van der Waals surface area contributed by atoms with Gasteiger partial charge in [-0.15, -0.1) is 0 Å². The summed E-state index contributed by atoms with van der Waals surface area (Å²) in [4.78, 5) is 28.2. The minimum atomic E-state index is 0.331. The molecule has 1 unspecified atom stereocenters. The number of anilines is 3. The second-order valence-electron chi connectivity index (χ2n) is 6.28. The summed E-state index contributed by atoms with van der Waals surface area (Å²) in [6, 6.07) is 5.73. The molecule has 0 saturated carbocycles. The predicted molar refractivity (Wildman–Crippen MR) is 98.3 cm³/mol. The van der Waals surface area contributed by atoms with E-state index in [1.165, 1.54) is 0 Å². The molecule has 1 saturated heterocycles. The molecule has 0 aliphatic carbocycles. The lowest BCUT2D eigenvalue weighted by Gasteiger charge is -2.33. The van der Waals surface area contributed by atoms with Gasteiger partial charge in [-0.3, -0.25) is 0 Å². The van der Waals surface area contributed by atoms with Crippen LogP contribution in [-0.2, 0) is 0 Å². The first-order valence-corrected chi connectivity index (χ1v) is 8.68. The van der Waals surface area contributed by atoms with Crippen molar-refractivity contribution in [2.45, 2.75) is 25.7 Å². The molecule has 0 amide bonds. The fourth-order valence-electron chi connectivity index (χ4n) is 3.24. The molecule has 132 valence electrons. The van der Waals surface area contributed by atoms with Gasteiger partial charge in [-0.05, 0) is 31.9 Å². The lowest BCUT2D eigenvalue weighted by Crippen LogP contribution is -2.35. The lowest BCUT2D eigenvalue weighted by molar-refractivity contribution is 0.497. The molecule has 4 rings (SSSR count). The summed E-state index contributed by atoms with van der Waals surface area (Å²) in [7, 11) is 0. The monoisotopic (exact) mass is 348 g/mol. The number of aromatic nitrogens is 6. The molecular weight excluding hydrogens is 328 g/mol. The molecule has 1 aliphatic heterocycles. The van der Waals surface area contributed by atoms with Crippen LogP contribution in [0.5, 0.6) is 0 Å². The Balaban J connectivity index is 1.55. The van der Waals surface area contributed by atoms with Crippen LogP contribution in [0.3, 0.4) is 0 Å². The summed E-state index contributed by atoms with van der Waals surface area (Å²) in [6.07, 6.45) is 8.97. The van der Waals surface area contributed by atoms with Crippen molar-refractivity contribution in [2.24, 2.45) is 0 Å². The third kappa shape index (κ3) is 3.74. The van der Waals surface area contributed by atoms with E-state index in [1.807, 2.05) is 19.1 Å². The Labute approximate surface area is 151 Å². The first kappa shape index (κ1) is 16.3. The Morgan fingerprint density at radius 3 is 2.81 bits per heavy atom. The molecule has 4 heterocycles. The van der Waals surface area contributed by atoms with E-state index in [2.05, 4.69) is 40.1 Å². The fraction of sp³-hybridized carbons (Fsp3) is 0.333. The molecule has 8 nitrogen and oxygen atoms in total. The quantitative estimate of drug-likeness (QED) is 0.769. The first-order valence-electron chi connectivity index (χ1n) is 8.68. The molecule has 3 aromatic rings. The zero-order chi connectivity index (χ0) is 17.8. The molecule has 8 heteroatoms. The van der Waals surface area contributed by atoms with E-state index in [0.717, 1.165) is 49.1 Å². The highest BCUT2D eigenvalue weighted by Gasteiger charge is 2.24. The topological polar surface area (TPSA) is 92.6 Å². The van der Waals surface area contributed by atoms with Crippen LogP contribution in [0.15, 0.2) is 43.1 Å². The van der Waals surface area contributed by atoms with Crippen LogP contribution in [0.2, 0.25) is 0 Å². The Bertz CT molecular complexity index is 856. The average molecular weight is 348 g/mol. The highest BCUT2D eigenvalue weighted by Crippen LogP contribution is 2.29. The number of rotatable bonds is 4. The summed E-state index contributed by atoms with van der Waals surface area (Å²) < 4.78 is 0. The molecule has 1 atom stereocenters. The van der Waals surface area contributed by atoms with Crippen LogP contribution in [-0.4, -0.2) is 43.0 Å². The maximum Gasteiger partial charge on any atom is 0.228 e.